The van der Waals surface area contributed by atoms with Crippen LogP contribution in [0, 0.1) is 22.6 Å². The molecule has 5 nitrogen and oxygen atoms in total. The molecule has 0 saturated heterocycles. The van der Waals surface area contributed by atoms with Crippen molar-refractivity contribution in [1.82, 2.24) is 10.6 Å². The van der Waals surface area contributed by atoms with Crippen molar-refractivity contribution in [3.05, 3.63) is 35.1 Å². The van der Waals surface area contributed by atoms with Gasteiger partial charge in [-0.2, -0.15) is 5.26 Å². The van der Waals surface area contributed by atoms with Gasteiger partial charge in [-0.3, -0.25) is 4.99 Å². The normalized spacial score (nSPS) is 24.5. The van der Waals surface area contributed by atoms with Gasteiger partial charge in [0.15, 0.2) is 5.96 Å². The van der Waals surface area contributed by atoms with E-state index in [2.05, 4.69) is 36.4 Å². The average Bonchev–Trinajstić information content (AvgIpc) is 2.57. The molecule has 1 aromatic carbocycles. The van der Waals surface area contributed by atoms with Crippen LogP contribution in [0.4, 0.5) is 4.39 Å². The van der Waals surface area contributed by atoms with Crippen LogP contribution in [0.2, 0.25) is 0 Å². The predicted octanol–water partition coefficient (Wildman–Crippen LogP) is 3.18. The molecule has 25 heavy (non-hydrogen) atoms. The van der Waals surface area contributed by atoms with Crippen molar-refractivity contribution in [1.29, 1.82) is 5.26 Å². The summed E-state index contributed by atoms with van der Waals surface area (Å²) in [5, 5.41) is 15.3. The van der Waals surface area contributed by atoms with Gasteiger partial charge in [0.05, 0.1) is 17.2 Å². The van der Waals surface area contributed by atoms with Crippen molar-refractivity contribution in [2.24, 2.45) is 10.4 Å². The molecule has 2 N–H and O–H groups in total. The molecule has 1 aromatic rings. The molecular weight excluding hydrogens is 434 g/mol. The van der Waals surface area contributed by atoms with Gasteiger partial charge in [0, 0.05) is 37.7 Å². The molecule has 2 unspecified atom stereocenters. The van der Waals surface area contributed by atoms with Crippen LogP contribution in [0.25, 0.3) is 0 Å². The van der Waals surface area contributed by atoms with E-state index in [-0.39, 0.29) is 41.0 Å². The second-order valence-electron chi connectivity index (χ2n) is 6.90. The van der Waals surface area contributed by atoms with Crippen LogP contribution in [0.3, 0.4) is 0 Å². The van der Waals surface area contributed by atoms with Crippen LogP contribution in [-0.2, 0) is 11.3 Å². The van der Waals surface area contributed by atoms with Gasteiger partial charge in [-0.05, 0) is 25.5 Å². The summed E-state index contributed by atoms with van der Waals surface area (Å²) in [5.74, 6) is 0.225. The fourth-order valence-corrected chi connectivity index (χ4v) is 3.02. The Hall–Kier alpha value is -1.40. The lowest BCUT2D eigenvalue weighted by Crippen LogP contribution is -2.69. The maximum Gasteiger partial charge on any atom is 0.191 e. The third kappa shape index (κ3) is 4.23. The first-order chi connectivity index (χ1) is 11.3. The summed E-state index contributed by atoms with van der Waals surface area (Å²) >= 11 is 0. The summed E-state index contributed by atoms with van der Waals surface area (Å²) in [6.45, 7) is 6.72. The first-order valence-corrected chi connectivity index (χ1v) is 7.98. The topological polar surface area (TPSA) is 69.4 Å². The monoisotopic (exact) mass is 460 g/mol. The van der Waals surface area contributed by atoms with E-state index in [9.17, 15) is 4.39 Å². The molecule has 1 saturated carbocycles. The summed E-state index contributed by atoms with van der Waals surface area (Å²) in [6, 6.07) is 6.61. The number of nitrogens with one attached hydrogen (secondary N) is 2. The third-order valence-corrected chi connectivity index (χ3v) is 5.44. The number of hydrogen-bond donors (Lipinski definition) is 2. The van der Waals surface area contributed by atoms with Gasteiger partial charge in [0.25, 0.3) is 0 Å². The summed E-state index contributed by atoms with van der Waals surface area (Å²) < 4.78 is 19.6. The van der Waals surface area contributed by atoms with E-state index < -0.39 is 5.82 Å². The van der Waals surface area contributed by atoms with Crippen molar-refractivity contribution >= 4 is 29.9 Å². The lowest BCUT2D eigenvalue weighted by molar-refractivity contribution is -0.176. The highest BCUT2D eigenvalue weighted by atomic mass is 127. The van der Waals surface area contributed by atoms with Crippen molar-refractivity contribution in [2.75, 3.05) is 14.2 Å². The standard InChI is InChI=1S/C18H25FN4O.HI/c1-17(2)15(9-18(17,3)24-5)23-16(21-4)22-11-13-7-6-12(10-20)8-14(13)19;/h6-8,15H,9,11H2,1-5H3,(H2,21,22,23);1H. The minimum Gasteiger partial charge on any atom is -0.378 e. The molecule has 2 atom stereocenters. The second kappa shape index (κ2) is 8.32. The zero-order valence-corrected chi connectivity index (χ0v) is 17.6. The van der Waals surface area contributed by atoms with Crippen molar-refractivity contribution < 1.29 is 9.13 Å². The highest BCUT2D eigenvalue weighted by Crippen LogP contribution is 2.51. The Bertz CT molecular complexity index is 686. The lowest BCUT2D eigenvalue weighted by Gasteiger charge is -2.59. The number of methoxy groups -OCH3 is 1. The number of halogens is 2. The molecular formula is C18H26FIN4O. The van der Waals surface area contributed by atoms with E-state index in [0.29, 0.717) is 23.6 Å². The van der Waals surface area contributed by atoms with Gasteiger partial charge in [0.1, 0.15) is 5.82 Å². The number of benzene rings is 1. The van der Waals surface area contributed by atoms with Gasteiger partial charge in [-0.15, -0.1) is 24.0 Å². The number of nitriles is 1. The molecule has 2 rings (SSSR count). The quantitative estimate of drug-likeness (QED) is 0.412. The Balaban J connectivity index is 0.00000312. The summed E-state index contributed by atoms with van der Waals surface area (Å²) in [5.41, 5.74) is 0.599. The Morgan fingerprint density at radius 3 is 2.60 bits per heavy atom. The first kappa shape index (κ1) is 21.6. The predicted molar refractivity (Wildman–Crippen MR) is 107 cm³/mol. The molecule has 0 amide bonds. The van der Waals surface area contributed by atoms with Crippen LogP contribution in [0.15, 0.2) is 23.2 Å². The van der Waals surface area contributed by atoms with Crippen molar-refractivity contribution in [3.63, 3.8) is 0 Å². The van der Waals surface area contributed by atoms with E-state index in [4.69, 9.17) is 10.00 Å². The van der Waals surface area contributed by atoms with Crippen molar-refractivity contribution in [2.45, 2.75) is 45.4 Å². The van der Waals surface area contributed by atoms with E-state index in [1.807, 2.05) is 6.07 Å². The second-order valence-corrected chi connectivity index (χ2v) is 6.90. The Kier molecular flexibility index (Phi) is 7.20. The van der Waals surface area contributed by atoms with Crippen molar-refractivity contribution in [3.8, 4) is 6.07 Å². The number of rotatable bonds is 4. The molecule has 0 spiro atoms. The van der Waals surface area contributed by atoms with Gasteiger partial charge in [-0.25, -0.2) is 4.39 Å². The summed E-state index contributed by atoms with van der Waals surface area (Å²) in [7, 11) is 3.42. The fourth-order valence-electron chi connectivity index (χ4n) is 3.02. The molecule has 0 heterocycles. The number of nitrogens with zero attached hydrogens (tertiary/aromatic N) is 2. The minimum atomic E-state index is -0.395. The Morgan fingerprint density at radius 2 is 2.12 bits per heavy atom. The summed E-state index contributed by atoms with van der Waals surface area (Å²) in [6.07, 6.45) is 0.877. The third-order valence-electron chi connectivity index (χ3n) is 5.44. The molecule has 0 radical (unpaired) electrons. The lowest BCUT2D eigenvalue weighted by atomic mass is 9.56. The fraction of sp³-hybridized carbons (Fsp3) is 0.556. The van der Waals surface area contributed by atoms with E-state index in [1.165, 1.54) is 6.07 Å². The number of guanidine groups is 1. The Labute approximate surface area is 166 Å². The largest absolute Gasteiger partial charge is 0.378 e. The molecule has 1 fully saturated rings. The highest BCUT2D eigenvalue weighted by Gasteiger charge is 2.58. The number of aliphatic imine (C=N–C) groups is 1. The molecule has 0 bridgehead atoms. The van der Waals surface area contributed by atoms with E-state index >= 15 is 0 Å². The zero-order chi connectivity index (χ0) is 18.0. The number of hydrogen-bond acceptors (Lipinski definition) is 3. The molecule has 0 aromatic heterocycles. The van der Waals surface area contributed by atoms with E-state index in [0.717, 1.165) is 6.42 Å². The molecule has 1 aliphatic carbocycles. The van der Waals surface area contributed by atoms with Gasteiger partial charge in [-0.1, -0.05) is 19.9 Å². The van der Waals surface area contributed by atoms with Gasteiger partial charge >= 0.3 is 0 Å². The van der Waals surface area contributed by atoms with Crippen LogP contribution in [0.5, 0.6) is 0 Å². The maximum absolute atomic E-state index is 13.9. The van der Waals surface area contributed by atoms with E-state index in [1.54, 1.807) is 26.3 Å². The van der Waals surface area contributed by atoms with Crippen LogP contribution < -0.4 is 10.6 Å². The molecule has 138 valence electrons. The average molecular weight is 460 g/mol. The van der Waals surface area contributed by atoms with Crippen LogP contribution in [0.1, 0.15) is 38.3 Å². The van der Waals surface area contributed by atoms with Crippen LogP contribution in [-0.4, -0.2) is 31.8 Å². The van der Waals surface area contributed by atoms with Gasteiger partial charge in [0.2, 0.25) is 0 Å². The molecule has 1 aliphatic rings. The minimum absolute atomic E-state index is 0. The Morgan fingerprint density at radius 1 is 1.44 bits per heavy atom. The smallest absolute Gasteiger partial charge is 0.191 e. The van der Waals surface area contributed by atoms with Crippen LogP contribution >= 0.6 is 24.0 Å². The SMILES string of the molecule is CN=C(NCc1ccc(C#N)cc1F)NC1CC(C)(OC)C1(C)C.I. The maximum atomic E-state index is 13.9. The highest BCUT2D eigenvalue weighted by molar-refractivity contribution is 14.0. The number of ether oxygens (including phenoxy) is 1. The summed E-state index contributed by atoms with van der Waals surface area (Å²) in [4.78, 5) is 4.21. The van der Waals surface area contributed by atoms with Gasteiger partial charge < -0.3 is 15.4 Å². The first-order valence-electron chi connectivity index (χ1n) is 7.98. The molecule has 7 heteroatoms. The zero-order valence-electron chi connectivity index (χ0n) is 15.3. The molecule has 0 aliphatic heterocycles.